The Bertz CT molecular complexity index is 481. The van der Waals surface area contributed by atoms with Crippen molar-refractivity contribution in [1.82, 2.24) is 4.98 Å². The van der Waals surface area contributed by atoms with E-state index in [2.05, 4.69) is 22.3 Å². The number of carboxylic acids is 1. The lowest BCUT2D eigenvalue weighted by molar-refractivity contribution is -0.131. The Morgan fingerprint density at radius 2 is 2.00 bits per heavy atom. The van der Waals surface area contributed by atoms with Gasteiger partial charge < -0.3 is 9.29 Å². The maximum Gasteiger partial charge on any atom is 0.356 e. The minimum atomic E-state index is -3.74. The lowest BCUT2D eigenvalue weighted by Gasteiger charge is -1.99. The second-order valence-electron chi connectivity index (χ2n) is 2.43. The third kappa shape index (κ3) is 6.10. The van der Waals surface area contributed by atoms with Gasteiger partial charge in [-0.3, -0.25) is 0 Å². The summed E-state index contributed by atoms with van der Waals surface area (Å²) in [6.07, 6.45) is 3.06. The molecule has 0 saturated carbocycles. The molecule has 17 heavy (non-hydrogen) atoms. The van der Waals surface area contributed by atoms with Crippen molar-refractivity contribution >= 4 is 16.1 Å². The summed E-state index contributed by atoms with van der Waals surface area (Å²) in [5.41, 5.74) is 0. The van der Waals surface area contributed by atoms with Gasteiger partial charge in [0.2, 0.25) is 0 Å². The Labute approximate surface area is 99.0 Å². The maximum absolute atomic E-state index is 11.1. The van der Waals surface area contributed by atoms with Gasteiger partial charge in [0.05, 0.1) is 6.26 Å². The van der Waals surface area contributed by atoms with E-state index < -0.39 is 16.1 Å². The van der Waals surface area contributed by atoms with Crippen LogP contribution >= 0.6 is 0 Å². The van der Waals surface area contributed by atoms with Crippen molar-refractivity contribution in [2.24, 2.45) is 0 Å². The van der Waals surface area contributed by atoms with E-state index in [9.17, 15) is 13.2 Å². The van der Waals surface area contributed by atoms with Crippen molar-refractivity contribution in [3.05, 3.63) is 49.9 Å². The lowest BCUT2D eigenvalue weighted by atomic mass is 10.5. The first-order valence-corrected chi connectivity index (χ1v) is 5.65. The summed E-state index contributed by atoms with van der Waals surface area (Å²) in [7, 11) is -3.74. The zero-order valence-corrected chi connectivity index (χ0v) is 9.63. The SMILES string of the molecule is C=CC(=O)O.C=COS(=O)(=O)c1ccccn1. The third-order valence-electron chi connectivity index (χ3n) is 1.26. The van der Waals surface area contributed by atoms with Crippen molar-refractivity contribution in [2.75, 3.05) is 0 Å². The number of hydrogen-bond donors (Lipinski definition) is 1. The zero-order valence-electron chi connectivity index (χ0n) is 8.81. The molecule has 92 valence electrons. The summed E-state index contributed by atoms with van der Waals surface area (Å²) in [4.78, 5) is 12.9. The predicted molar refractivity (Wildman–Crippen MR) is 60.5 cm³/mol. The number of carboxylic acid groups (broad SMARTS) is 1. The highest BCUT2D eigenvalue weighted by Crippen LogP contribution is 2.07. The van der Waals surface area contributed by atoms with E-state index in [4.69, 9.17) is 5.11 Å². The molecular formula is C10H11NO5S. The number of pyridine rings is 1. The summed E-state index contributed by atoms with van der Waals surface area (Å²) in [5.74, 6) is -0.981. The summed E-state index contributed by atoms with van der Waals surface area (Å²) in [5, 5.41) is 7.48. The van der Waals surface area contributed by atoms with Gasteiger partial charge in [0.1, 0.15) is 0 Å². The molecule has 0 unspecified atom stereocenters. The molecule has 0 fully saturated rings. The molecule has 0 aliphatic rings. The largest absolute Gasteiger partial charge is 0.478 e. The van der Waals surface area contributed by atoms with E-state index in [1.54, 1.807) is 12.1 Å². The Kier molecular flexibility index (Phi) is 6.27. The number of aromatic nitrogens is 1. The monoisotopic (exact) mass is 257 g/mol. The highest BCUT2D eigenvalue weighted by atomic mass is 32.2. The quantitative estimate of drug-likeness (QED) is 0.494. The Morgan fingerprint density at radius 3 is 2.35 bits per heavy atom. The van der Waals surface area contributed by atoms with Crippen LogP contribution in [0.2, 0.25) is 0 Å². The molecule has 0 atom stereocenters. The fourth-order valence-corrected chi connectivity index (χ4v) is 1.35. The molecule has 0 saturated heterocycles. The van der Waals surface area contributed by atoms with Crippen LogP contribution in [-0.2, 0) is 19.1 Å². The number of hydrogen-bond acceptors (Lipinski definition) is 5. The summed E-state index contributed by atoms with van der Waals surface area (Å²) < 4.78 is 26.4. The molecule has 0 aromatic carbocycles. The van der Waals surface area contributed by atoms with Gasteiger partial charge in [-0.05, 0) is 12.1 Å². The topological polar surface area (TPSA) is 93.6 Å². The highest BCUT2D eigenvalue weighted by Gasteiger charge is 2.13. The van der Waals surface area contributed by atoms with E-state index in [-0.39, 0.29) is 5.03 Å². The lowest BCUT2D eigenvalue weighted by Crippen LogP contribution is -2.03. The minimum Gasteiger partial charge on any atom is -0.478 e. The molecule has 1 heterocycles. The molecule has 1 N–H and O–H groups in total. The van der Waals surface area contributed by atoms with Crippen LogP contribution in [-0.4, -0.2) is 24.5 Å². The minimum absolute atomic E-state index is 0.120. The molecule has 0 aliphatic carbocycles. The van der Waals surface area contributed by atoms with Gasteiger partial charge >= 0.3 is 16.1 Å². The highest BCUT2D eigenvalue weighted by molar-refractivity contribution is 7.86. The van der Waals surface area contributed by atoms with Gasteiger partial charge in [-0.15, -0.1) is 0 Å². The molecule has 0 radical (unpaired) electrons. The number of rotatable bonds is 4. The average Bonchev–Trinajstić information content (AvgIpc) is 2.31. The van der Waals surface area contributed by atoms with Crippen LogP contribution in [0.3, 0.4) is 0 Å². The Balaban J connectivity index is 0.000000437. The van der Waals surface area contributed by atoms with Crippen LogP contribution in [0.1, 0.15) is 0 Å². The predicted octanol–water partition coefficient (Wildman–Crippen LogP) is 1.19. The summed E-state index contributed by atoms with van der Waals surface area (Å²) >= 11 is 0. The molecule has 7 heteroatoms. The standard InChI is InChI=1S/C7H7NO3S.C3H4O2/c1-2-11-12(9,10)7-5-3-4-6-8-7;1-2-3(4)5/h2-6H,1H2;2H,1H2,(H,4,5). The van der Waals surface area contributed by atoms with E-state index in [0.717, 1.165) is 12.3 Å². The second kappa shape index (κ2) is 7.18. The van der Waals surface area contributed by atoms with Crippen LogP contribution in [0.4, 0.5) is 0 Å². The summed E-state index contributed by atoms with van der Waals surface area (Å²) in [6, 6.07) is 4.53. The van der Waals surface area contributed by atoms with Gasteiger partial charge in [-0.2, -0.15) is 8.42 Å². The van der Waals surface area contributed by atoms with E-state index in [1.165, 1.54) is 12.3 Å². The van der Waals surface area contributed by atoms with Crippen molar-refractivity contribution < 1.29 is 22.5 Å². The van der Waals surface area contributed by atoms with Crippen molar-refractivity contribution in [2.45, 2.75) is 5.03 Å². The van der Waals surface area contributed by atoms with Crippen LogP contribution in [0.25, 0.3) is 0 Å². The van der Waals surface area contributed by atoms with Gasteiger partial charge in [0, 0.05) is 12.3 Å². The first-order chi connectivity index (χ1) is 7.94. The third-order valence-corrected chi connectivity index (χ3v) is 2.41. The molecule has 1 aromatic rings. The van der Waals surface area contributed by atoms with Crippen LogP contribution < -0.4 is 0 Å². The molecule has 1 aromatic heterocycles. The number of aliphatic carboxylic acids is 1. The normalized spacial score (nSPS) is 9.41. The van der Waals surface area contributed by atoms with E-state index in [0.29, 0.717) is 0 Å². The molecular weight excluding hydrogens is 246 g/mol. The summed E-state index contributed by atoms with van der Waals surface area (Å²) in [6.45, 7) is 6.10. The van der Waals surface area contributed by atoms with Gasteiger partial charge in [0.25, 0.3) is 0 Å². The van der Waals surface area contributed by atoms with Crippen LogP contribution in [0, 0.1) is 0 Å². The van der Waals surface area contributed by atoms with Crippen LogP contribution in [0.5, 0.6) is 0 Å². The Morgan fingerprint density at radius 1 is 1.41 bits per heavy atom. The number of nitrogens with zero attached hydrogens (tertiary/aromatic N) is 1. The first-order valence-electron chi connectivity index (χ1n) is 4.24. The van der Waals surface area contributed by atoms with Gasteiger partial charge in [-0.25, -0.2) is 9.78 Å². The number of carbonyl (C=O) groups is 1. The van der Waals surface area contributed by atoms with E-state index >= 15 is 0 Å². The van der Waals surface area contributed by atoms with Gasteiger partial charge in [0.15, 0.2) is 5.03 Å². The fraction of sp³-hybridized carbons (Fsp3) is 0. The zero-order chi connectivity index (χ0) is 13.3. The maximum atomic E-state index is 11.1. The Hall–Kier alpha value is -2.15. The van der Waals surface area contributed by atoms with E-state index in [1.807, 2.05) is 0 Å². The molecule has 6 nitrogen and oxygen atoms in total. The first kappa shape index (κ1) is 14.8. The molecule has 0 aliphatic heterocycles. The fourth-order valence-electron chi connectivity index (χ4n) is 0.634. The van der Waals surface area contributed by atoms with Crippen molar-refractivity contribution in [3.8, 4) is 0 Å². The van der Waals surface area contributed by atoms with Crippen LogP contribution in [0.15, 0.2) is 54.9 Å². The molecule has 0 bridgehead atoms. The second-order valence-corrected chi connectivity index (χ2v) is 3.95. The average molecular weight is 257 g/mol. The molecule has 1 rings (SSSR count). The molecule has 0 amide bonds. The van der Waals surface area contributed by atoms with Gasteiger partial charge in [-0.1, -0.05) is 19.2 Å². The smallest absolute Gasteiger partial charge is 0.356 e. The van der Waals surface area contributed by atoms with Crippen molar-refractivity contribution in [1.29, 1.82) is 0 Å². The molecule has 0 spiro atoms. The van der Waals surface area contributed by atoms with Crippen molar-refractivity contribution in [3.63, 3.8) is 0 Å².